The number of hydrogen-bond acceptors (Lipinski definition) is 4. The molecule has 2 aromatic heterocycles. The Morgan fingerprint density at radius 2 is 2.21 bits per heavy atom. The van der Waals surface area contributed by atoms with Crippen molar-refractivity contribution in [3.8, 4) is 0 Å². The van der Waals surface area contributed by atoms with E-state index in [0.717, 1.165) is 40.6 Å². The summed E-state index contributed by atoms with van der Waals surface area (Å²) < 4.78 is 1.68. The quantitative estimate of drug-likeness (QED) is 0.868. The van der Waals surface area contributed by atoms with E-state index >= 15 is 0 Å². The molecular weight excluding hydrogens is 326 g/mol. The number of nitrogens with one attached hydrogen (secondary N) is 1. The van der Waals surface area contributed by atoms with Crippen LogP contribution in [0.25, 0.3) is 10.2 Å². The van der Waals surface area contributed by atoms with Gasteiger partial charge in [0, 0.05) is 0 Å². The van der Waals surface area contributed by atoms with Crippen molar-refractivity contribution < 1.29 is 0 Å². The van der Waals surface area contributed by atoms with Crippen LogP contribution in [0.5, 0.6) is 0 Å². The summed E-state index contributed by atoms with van der Waals surface area (Å²) in [6, 6.07) is 2.25. The van der Waals surface area contributed by atoms with Crippen molar-refractivity contribution in [2.24, 2.45) is 5.92 Å². The fourth-order valence-electron chi connectivity index (χ4n) is 3.34. The van der Waals surface area contributed by atoms with Crippen molar-refractivity contribution in [1.29, 1.82) is 0 Å². The molecule has 0 spiro atoms. The van der Waals surface area contributed by atoms with E-state index in [4.69, 9.17) is 0 Å². The third-order valence-electron chi connectivity index (χ3n) is 4.33. The highest BCUT2D eigenvalue weighted by molar-refractivity contribution is 9.11. The number of aromatic nitrogens is 2. The molecule has 3 fully saturated rings. The molecule has 0 amide bonds. The van der Waals surface area contributed by atoms with Gasteiger partial charge in [-0.1, -0.05) is 0 Å². The molecule has 0 saturated carbocycles. The first-order chi connectivity index (χ1) is 9.20. The van der Waals surface area contributed by atoms with E-state index in [1.807, 2.05) is 6.07 Å². The van der Waals surface area contributed by atoms with Crippen molar-refractivity contribution in [3.63, 3.8) is 0 Å². The standard InChI is InChI=1S/C13H14BrN3OS/c14-10-6-8-11(19-10)13(18)16-12(15-8)9-5-7-1-3-17(9)4-2-7/h6-7,9H,1-5H2,(H,15,16,18). The second-order valence-electron chi connectivity index (χ2n) is 5.45. The average Bonchev–Trinajstić information content (AvgIpc) is 2.81. The van der Waals surface area contributed by atoms with Crippen molar-refractivity contribution in [3.05, 3.63) is 26.0 Å². The van der Waals surface area contributed by atoms with Crippen molar-refractivity contribution in [2.45, 2.75) is 25.3 Å². The minimum atomic E-state index is -0.00153. The fraction of sp³-hybridized carbons (Fsp3) is 0.538. The Morgan fingerprint density at radius 1 is 1.42 bits per heavy atom. The van der Waals surface area contributed by atoms with E-state index in [0.29, 0.717) is 10.7 Å². The van der Waals surface area contributed by atoms with Gasteiger partial charge in [0.1, 0.15) is 10.5 Å². The largest absolute Gasteiger partial charge is 0.308 e. The van der Waals surface area contributed by atoms with Gasteiger partial charge in [0.15, 0.2) is 0 Å². The van der Waals surface area contributed by atoms with Crippen molar-refractivity contribution >= 4 is 37.5 Å². The van der Waals surface area contributed by atoms with Gasteiger partial charge in [-0.15, -0.1) is 11.3 Å². The number of thiophene rings is 1. The first-order valence-corrected chi connectivity index (χ1v) is 8.25. The van der Waals surface area contributed by atoms with Crippen molar-refractivity contribution in [1.82, 2.24) is 14.9 Å². The Bertz CT molecular complexity index is 687. The number of hydrogen-bond donors (Lipinski definition) is 1. The van der Waals surface area contributed by atoms with Crippen LogP contribution in [0.1, 0.15) is 31.1 Å². The molecule has 19 heavy (non-hydrogen) atoms. The van der Waals surface area contributed by atoms with E-state index in [1.165, 1.54) is 24.2 Å². The molecule has 3 saturated heterocycles. The Kier molecular flexibility index (Phi) is 2.79. The Balaban J connectivity index is 1.81. The summed E-state index contributed by atoms with van der Waals surface area (Å²) in [6.07, 6.45) is 3.74. The molecule has 5 rings (SSSR count). The topological polar surface area (TPSA) is 49.0 Å². The Hall–Kier alpha value is -0.720. The van der Waals surface area contributed by atoms with Crippen LogP contribution < -0.4 is 5.56 Å². The lowest BCUT2D eigenvalue weighted by Gasteiger charge is -2.44. The van der Waals surface area contributed by atoms with Gasteiger partial charge in [-0.3, -0.25) is 9.69 Å². The van der Waals surface area contributed by atoms with E-state index < -0.39 is 0 Å². The predicted molar refractivity (Wildman–Crippen MR) is 79.6 cm³/mol. The summed E-state index contributed by atoms with van der Waals surface area (Å²) in [5.41, 5.74) is 0.816. The van der Waals surface area contributed by atoms with Gasteiger partial charge in [0.05, 0.1) is 15.3 Å². The summed E-state index contributed by atoms with van der Waals surface area (Å²) in [7, 11) is 0. The van der Waals surface area contributed by atoms with Crippen LogP contribution in [0.15, 0.2) is 14.6 Å². The number of halogens is 1. The lowest BCUT2D eigenvalue weighted by Crippen LogP contribution is -2.44. The molecule has 1 N–H and O–H groups in total. The summed E-state index contributed by atoms with van der Waals surface area (Å²) in [5, 5.41) is 0. The van der Waals surface area contributed by atoms with Crippen LogP contribution in [0.4, 0.5) is 0 Å². The van der Waals surface area contributed by atoms with Crippen molar-refractivity contribution in [2.75, 3.05) is 13.1 Å². The second-order valence-corrected chi connectivity index (χ2v) is 7.88. The minimum Gasteiger partial charge on any atom is -0.308 e. The molecule has 3 aliphatic rings. The fourth-order valence-corrected chi connectivity index (χ4v) is 4.76. The average molecular weight is 340 g/mol. The minimum absolute atomic E-state index is 0.00153. The number of H-pyrrole nitrogens is 1. The molecule has 2 bridgehead atoms. The molecule has 100 valence electrons. The highest BCUT2D eigenvalue weighted by atomic mass is 79.9. The van der Waals surface area contributed by atoms with Gasteiger partial charge in [-0.2, -0.15) is 0 Å². The molecule has 2 aromatic rings. The molecule has 3 aliphatic heterocycles. The molecular formula is C13H14BrN3OS. The van der Waals surface area contributed by atoms with Crippen LogP contribution in [0.2, 0.25) is 0 Å². The maximum absolute atomic E-state index is 12.1. The van der Waals surface area contributed by atoms with E-state index in [2.05, 4.69) is 30.8 Å². The first kappa shape index (κ1) is 12.1. The van der Waals surface area contributed by atoms with Crippen LogP contribution in [0, 0.1) is 5.92 Å². The smallest absolute Gasteiger partial charge is 0.268 e. The monoisotopic (exact) mass is 339 g/mol. The van der Waals surface area contributed by atoms with Gasteiger partial charge in [-0.25, -0.2) is 4.98 Å². The zero-order valence-electron chi connectivity index (χ0n) is 10.4. The number of nitrogens with zero attached hydrogens (tertiary/aromatic N) is 2. The highest BCUT2D eigenvalue weighted by Crippen LogP contribution is 2.39. The van der Waals surface area contributed by atoms with Crippen LogP contribution in [0.3, 0.4) is 0 Å². The normalized spacial score (nSPS) is 30.1. The molecule has 0 aromatic carbocycles. The number of piperidine rings is 3. The second kappa shape index (κ2) is 4.40. The van der Waals surface area contributed by atoms with Gasteiger partial charge in [-0.05, 0) is 60.3 Å². The van der Waals surface area contributed by atoms with E-state index in [1.54, 1.807) is 0 Å². The summed E-state index contributed by atoms with van der Waals surface area (Å²) in [4.78, 5) is 22.3. The van der Waals surface area contributed by atoms with E-state index in [-0.39, 0.29) is 5.56 Å². The highest BCUT2D eigenvalue weighted by Gasteiger charge is 2.35. The van der Waals surface area contributed by atoms with Gasteiger partial charge >= 0.3 is 0 Å². The molecule has 0 aliphatic carbocycles. The summed E-state index contributed by atoms with van der Waals surface area (Å²) >= 11 is 4.87. The van der Waals surface area contributed by atoms with Crippen LogP contribution >= 0.6 is 27.3 Å². The predicted octanol–water partition coefficient (Wildman–Crippen LogP) is 2.90. The third-order valence-corrected chi connectivity index (χ3v) is 5.96. The first-order valence-electron chi connectivity index (χ1n) is 6.64. The molecule has 1 unspecified atom stereocenters. The molecule has 1 atom stereocenters. The lowest BCUT2D eigenvalue weighted by molar-refractivity contribution is 0.0445. The van der Waals surface area contributed by atoms with Crippen LogP contribution in [-0.2, 0) is 0 Å². The summed E-state index contributed by atoms with van der Waals surface area (Å²) in [5.74, 6) is 1.66. The van der Waals surface area contributed by atoms with Gasteiger partial charge < -0.3 is 4.98 Å². The summed E-state index contributed by atoms with van der Waals surface area (Å²) in [6.45, 7) is 2.29. The SMILES string of the molecule is O=c1[nH]c(C2CC3CCN2CC3)nc2cc(Br)sc12. The third kappa shape index (κ3) is 1.97. The zero-order valence-corrected chi connectivity index (χ0v) is 12.8. The molecule has 4 nitrogen and oxygen atoms in total. The number of fused-ring (bicyclic) bond motifs is 4. The number of aromatic amines is 1. The maximum atomic E-state index is 12.1. The van der Waals surface area contributed by atoms with Gasteiger partial charge in [0.25, 0.3) is 5.56 Å². The van der Waals surface area contributed by atoms with Crippen LogP contribution in [-0.4, -0.2) is 28.0 Å². The molecule has 6 heteroatoms. The van der Waals surface area contributed by atoms with E-state index in [9.17, 15) is 4.79 Å². The molecule has 5 heterocycles. The van der Waals surface area contributed by atoms with Gasteiger partial charge in [0.2, 0.25) is 0 Å². The zero-order chi connectivity index (χ0) is 13.0. The lowest BCUT2D eigenvalue weighted by atomic mass is 9.83. The maximum Gasteiger partial charge on any atom is 0.268 e. The Morgan fingerprint density at radius 3 is 2.89 bits per heavy atom. The number of rotatable bonds is 1. The Labute approximate surface area is 123 Å². The molecule has 0 radical (unpaired) electrons.